The average Bonchev–Trinajstić information content (AvgIpc) is 2.40. The highest BCUT2D eigenvalue weighted by Crippen LogP contribution is 2.11. The third-order valence-electron chi connectivity index (χ3n) is 2.91. The van der Waals surface area contributed by atoms with E-state index in [4.69, 9.17) is 10.5 Å². The molecule has 102 valence electrons. The van der Waals surface area contributed by atoms with Crippen molar-refractivity contribution in [1.29, 1.82) is 0 Å². The smallest absolute Gasteiger partial charge is 0.119 e. The van der Waals surface area contributed by atoms with Gasteiger partial charge in [-0.1, -0.05) is 26.0 Å². The number of nitrogens with zero attached hydrogens (tertiary/aromatic N) is 1. The van der Waals surface area contributed by atoms with E-state index in [1.165, 1.54) is 12.8 Å². The van der Waals surface area contributed by atoms with Crippen LogP contribution in [0.4, 0.5) is 0 Å². The van der Waals surface area contributed by atoms with Gasteiger partial charge < -0.3 is 10.5 Å². The average molecular weight is 250 g/mol. The van der Waals surface area contributed by atoms with E-state index in [1.807, 2.05) is 24.3 Å². The molecule has 0 atom stereocenters. The molecular formula is C15H26N2O. The Hall–Kier alpha value is -1.06. The van der Waals surface area contributed by atoms with Crippen LogP contribution < -0.4 is 10.5 Å². The van der Waals surface area contributed by atoms with Crippen molar-refractivity contribution in [3.05, 3.63) is 29.8 Å². The quantitative estimate of drug-likeness (QED) is 0.732. The molecule has 2 N–H and O–H groups in total. The molecule has 0 aromatic heterocycles. The largest absolute Gasteiger partial charge is 0.492 e. The molecule has 0 heterocycles. The molecule has 18 heavy (non-hydrogen) atoms. The zero-order valence-corrected chi connectivity index (χ0v) is 11.7. The number of hydrogen-bond acceptors (Lipinski definition) is 3. The van der Waals surface area contributed by atoms with Crippen molar-refractivity contribution in [3.8, 4) is 5.75 Å². The summed E-state index contributed by atoms with van der Waals surface area (Å²) in [5.41, 5.74) is 6.70. The van der Waals surface area contributed by atoms with E-state index in [0.29, 0.717) is 6.54 Å². The highest BCUT2D eigenvalue weighted by Gasteiger charge is 2.02. The summed E-state index contributed by atoms with van der Waals surface area (Å²) < 4.78 is 5.75. The van der Waals surface area contributed by atoms with Gasteiger partial charge in [0, 0.05) is 13.1 Å². The Bertz CT molecular complexity index is 305. The van der Waals surface area contributed by atoms with Crippen molar-refractivity contribution in [3.63, 3.8) is 0 Å². The zero-order chi connectivity index (χ0) is 13.2. The van der Waals surface area contributed by atoms with Gasteiger partial charge in [0.15, 0.2) is 0 Å². The van der Waals surface area contributed by atoms with E-state index in [-0.39, 0.29) is 0 Å². The first-order chi connectivity index (χ1) is 8.80. The van der Waals surface area contributed by atoms with Crippen molar-refractivity contribution < 1.29 is 4.74 Å². The summed E-state index contributed by atoms with van der Waals surface area (Å²) in [4.78, 5) is 2.45. The maximum atomic E-state index is 5.75. The molecule has 0 aliphatic rings. The minimum atomic E-state index is 0.584. The number of hydrogen-bond donors (Lipinski definition) is 1. The maximum Gasteiger partial charge on any atom is 0.119 e. The van der Waals surface area contributed by atoms with Crippen LogP contribution in [0.5, 0.6) is 5.75 Å². The van der Waals surface area contributed by atoms with Crippen LogP contribution in [0, 0.1) is 0 Å². The summed E-state index contributed by atoms with van der Waals surface area (Å²) in [6, 6.07) is 8.02. The summed E-state index contributed by atoms with van der Waals surface area (Å²) in [5.74, 6) is 0.931. The zero-order valence-electron chi connectivity index (χ0n) is 11.7. The Balaban J connectivity index is 2.30. The lowest BCUT2D eigenvalue weighted by molar-refractivity contribution is 0.209. The molecule has 0 saturated carbocycles. The van der Waals surface area contributed by atoms with Gasteiger partial charge in [-0.3, -0.25) is 4.90 Å². The predicted octanol–water partition coefficient (Wildman–Crippen LogP) is 2.65. The fraction of sp³-hybridized carbons (Fsp3) is 0.600. The normalized spacial score (nSPS) is 10.9. The third-order valence-corrected chi connectivity index (χ3v) is 2.91. The summed E-state index contributed by atoms with van der Waals surface area (Å²) >= 11 is 0. The second kappa shape index (κ2) is 8.95. The molecular weight excluding hydrogens is 224 g/mol. The standard InChI is InChI=1S/C15H26N2O/c1-3-9-17(10-4-2)11-12-18-15-7-5-14(13-16)6-8-15/h5-8H,3-4,9-13,16H2,1-2H3. The molecule has 0 spiro atoms. The van der Waals surface area contributed by atoms with Gasteiger partial charge in [-0.25, -0.2) is 0 Å². The van der Waals surface area contributed by atoms with Crippen LogP contribution in [0.1, 0.15) is 32.3 Å². The fourth-order valence-corrected chi connectivity index (χ4v) is 1.98. The van der Waals surface area contributed by atoms with Crippen molar-refractivity contribution in [2.45, 2.75) is 33.2 Å². The van der Waals surface area contributed by atoms with Gasteiger partial charge in [0.05, 0.1) is 0 Å². The number of benzene rings is 1. The molecule has 1 rings (SSSR count). The molecule has 0 saturated heterocycles. The van der Waals surface area contributed by atoms with E-state index in [1.54, 1.807) is 0 Å². The van der Waals surface area contributed by atoms with E-state index in [9.17, 15) is 0 Å². The molecule has 0 aliphatic heterocycles. The molecule has 0 radical (unpaired) electrons. The molecule has 0 unspecified atom stereocenters. The van der Waals surface area contributed by atoms with Crippen molar-refractivity contribution >= 4 is 0 Å². The van der Waals surface area contributed by atoms with Crippen molar-refractivity contribution in [1.82, 2.24) is 4.90 Å². The number of ether oxygens (including phenoxy) is 1. The second-order valence-corrected chi connectivity index (χ2v) is 4.54. The highest BCUT2D eigenvalue weighted by molar-refractivity contribution is 5.27. The van der Waals surface area contributed by atoms with Gasteiger partial charge in [-0.2, -0.15) is 0 Å². The van der Waals surface area contributed by atoms with Crippen LogP contribution in [0.25, 0.3) is 0 Å². The first-order valence-corrected chi connectivity index (χ1v) is 6.94. The van der Waals surface area contributed by atoms with Crippen LogP contribution in [0.3, 0.4) is 0 Å². The van der Waals surface area contributed by atoms with Crippen LogP contribution in [0.15, 0.2) is 24.3 Å². The number of nitrogens with two attached hydrogens (primary N) is 1. The van der Waals surface area contributed by atoms with Crippen LogP contribution in [-0.4, -0.2) is 31.1 Å². The summed E-state index contributed by atoms with van der Waals surface area (Å²) in [6.07, 6.45) is 2.40. The summed E-state index contributed by atoms with van der Waals surface area (Å²) in [6.45, 7) is 9.08. The molecule has 0 bridgehead atoms. The van der Waals surface area contributed by atoms with Crippen LogP contribution in [-0.2, 0) is 6.54 Å². The van der Waals surface area contributed by atoms with E-state index < -0.39 is 0 Å². The van der Waals surface area contributed by atoms with Gasteiger partial charge >= 0.3 is 0 Å². The Morgan fingerprint density at radius 1 is 1.00 bits per heavy atom. The van der Waals surface area contributed by atoms with Gasteiger partial charge in [0.1, 0.15) is 12.4 Å². The molecule has 0 fully saturated rings. The van der Waals surface area contributed by atoms with Crippen molar-refractivity contribution in [2.24, 2.45) is 5.73 Å². The van der Waals surface area contributed by atoms with Crippen LogP contribution >= 0.6 is 0 Å². The van der Waals surface area contributed by atoms with Gasteiger partial charge in [-0.05, 0) is 43.6 Å². The number of rotatable bonds is 9. The summed E-state index contributed by atoms with van der Waals surface area (Å²) in [7, 11) is 0. The Morgan fingerprint density at radius 2 is 1.61 bits per heavy atom. The maximum absolute atomic E-state index is 5.75. The van der Waals surface area contributed by atoms with E-state index in [0.717, 1.165) is 37.6 Å². The van der Waals surface area contributed by atoms with E-state index >= 15 is 0 Å². The molecule has 3 nitrogen and oxygen atoms in total. The first kappa shape index (κ1) is 15.0. The Morgan fingerprint density at radius 3 is 2.11 bits per heavy atom. The van der Waals surface area contributed by atoms with Crippen molar-refractivity contribution in [2.75, 3.05) is 26.2 Å². The predicted molar refractivity (Wildman–Crippen MR) is 76.9 cm³/mol. The minimum Gasteiger partial charge on any atom is -0.492 e. The lowest BCUT2D eigenvalue weighted by atomic mass is 10.2. The van der Waals surface area contributed by atoms with Gasteiger partial charge in [0.2, 0.25) is 0 Å². The molecule has 1 aromatic rings. The molecule has 1 aromatic carbocycles. The molecule has 3 heteroatoms. The second-order valence-electron chi connectivity index (χ2n) is 4.54. The highest BCUT2D eigenvalue weighted by atomic mass is 16.5. The monoisotopic (exact) mass is 250 g/mol. The molecule has 0 aliphatic carbocycles. The van der Waals surface area contributed by atoms with Crippen LogP contribution in [0.2, 0.25) is 0 Å². The Labute approximate surface area is 111 Å². The topological polar surface area (TPSA) is 38.5 Å². The lowest BCUT2D eigenvalue weighted by Crippen LogP contribution is -2.30. The fourth-order valence-electron chi connectivity index (χ4n) is 1.98. The molecule has 0 amide bonds. The summed E-state index contributed by atoms with van der Waals surface area (Å²) in [5, 5.41) is 0. The SMILES string of the molecule is CCCN(CCC)CCOc1ccc(CN)cc1. The third kappa shape index (κ3) is 5.52. The van der Waals surface area contributed by atoms with Gasteiger partial charge in [0.25, 0.3) is 0 Å². The van der Waals surface area contributed by atoms with Gasteiger partial charge in [-0.15, -0.1) is 0 Å². The lowest BCUT2D eigenvalue weighted by Gasteiger charge is -2.20. The first-order valence-electron chi connectivity index (χ1n) is 6.94. The van der Waals surface area contributed by atoms with E-state index in [2.05, 4.69) is 18.7 Å². The minimum absolute atomic E-state index is 0.584. The Kier molecular flexibility index (Phi) is 7.46.